The van der Waals surface area contributed by atoms with E-state index in [1.165, 1.54) is 17.5 Å². The lowest BCUT2D eigenvalue weighted by Crippen LogP contribution is -2.43. The van der Waals surface area contributed by atoms with Crippen LogP contribution in [0.4, 0.5) is 10.3 Å². The molecule has 3 aromatic rings. The minimum atomic E-state index is -0.666. The molecule has 0 bridgehead atoms. The van der Waals surface area contributed by atoms with Crippen LogP contribution in [0.25, 0.3) is 21.3 Å². The number of aromatic nitrogens is 2. The molecule has 2 aliphatic rings. The average Bonchev–Trinajstić information content (AvgIpc) is 3.43. The quantitative estimate of drug-likeness (QED) is 0.495. The van der Waals surface area contributed by atoms with Gasteiger partial charge in [0, 0.05) is 48.7 Å². The first-order valence-electron chi connectivity index (χ1n) is 11.3. The molecule has 2 atom stereocenters. The van der Waals surface area contributed by atoms with E-state index in [9.17, 15) is 4.39 Å². The Morgan fingerprint density at radius 1 is 1.13 bits per heavy atom. The number of nitrogens with zero attached hydrogens (tertiary/aromatic N) is 4. The minimum Gasteiger partial charge on any atom is -0.378 e. The molecule has 2 saturated heterocycles. The molecule has 0 aliphatic carbocycles. The van der Waals surface area contributed by atoms with Crippen molar-refractivity contribution in [1.82, 2.24) is 14.9 Å². The molecule has 4 heterocycles. The van der Waals surface area contributed by atoms with Crippen LogP contribution >= 0.6 is 11.3 Å². The first-order chi connectivity index (χ1) is 15.3. The van der Waals surface area contributed by atoms with Gasteiger partial charge in [0.25, 0.3) is 0 Å². The summed E-state index contributed by atoms with van der Waals surface area (Å²) in [4.78, 5) is 15.2. The molecule has 5 nitrogen and oxygen atoms in total. The van der Waals surface area contributed by atoms with Gasteiger partial charge in [-0.15, -0.1) is 11.3 Å². The molecule has 0 amide bonds. The Morgan fingerprint density at radius 3 is 2.87 bits per heavy atom. The summed E-state index contributed by atoms with van der Waals surface area (Å²) in [6.45, 7) is 4.51. The molecule has 2 aromatic heterocycles. The zero-order chi connectivity index (χ0) is 21.0. The van der Waals surface area contributed by atoms with Gasteiger partial charge in [-0.1, -0.05) is 30.3 Å². The fraction of sp³-hybridized carbons (Fsp3) is 0.500. The van der Waals surface area contributed by atoms with E-state index < -0.39 is 6.17 Å². The molecular weight excluding hydrogens is 411 g/mol. The number of halogens is 1. The highest BCUT2D eigenvalue weighted by Crippen LogP contribution is 2.34. The Morgan fingerprint density at radius 2 is 2.03 bits per heavy atom. The third-order valence-corrected chi connectivity index (χ3v) is 7.25. The first kappa shape index (κ1) is 20.8. The summed E-state index contributed by atoms with van der Waals surface area (Å²) in [7, 11) is 0. The number of fused-ring (bicyclic) bond motifs is 1. The number of piperidine rings is 1. The number of anilines is 1. The van der Waals surface area contributed by atoms with Gasteiger partial charge < -0.3 is 9.64 Å². The minimum absolute atomic E-state index is 0.298. The maximum Gasteiger partial charge on any atom is 0.227 e. The molecule has 164 valence electrons. The van der Waals surface area contributed by atoms with Crippen molar-refractivity contribution in [2.45, 2.75) is 37.9 Å². The maximum atomic E-state index is 13.3. The number of thiophene rings is 1. The second-order valence-corrected chi connectivity index (χ2v) is 9.37. The Balaban J connectivity index is 1.25. The second-order valence-electron chi connectivity index (χ2n) is 8.51. The van der Waals surface area contributed by atoms with Gasteiger partial charge in [-0.05, 0) is 31.2 Å². The van der Waals surface area contributed by atoms with Gasteiger partial charge in [0.05, 0.1) is 19.3 Å². The van der Waals surface area contributed by atoms with E-state index in [1.54, 1.807) is 11.3 Å². The SMILES string of the molecule is F[C@@H]1CCN(CCOCC2CCCCN2c2ncc3c(-c4ccccc4)csc3n2)C1. The molecule has 2 aliphatic heterocycles. The van der Waals surface area contributed by atoms with Crippen LogP contribution in [-0.2, 0) is 4.74 Å². The van der Waals surface area contributed by atoms with Crippen molar-refractivity contribution in [2.24, 2.45) is 0 Å². The Labute approximate surface area is 186 Å². The van der Waals surface area contributed by atoms with Crippen molar-refractivity contribution in [2.75, 3.05) is 44.3 Å². The lowest BCUT2D eigenvalue weighted by molar-refractivity contribution is 0.0916. The third-order valence-electron chi connectivity index (χ3n) is 6.37. The number of alkyl halides is 1. The normalized spacial score (nSPS) is 22.4. The summed E-state index contributed by atoms with van der Waals surface area (Å²) < 4.78 is 19.3. The van der Waals surface area contributed by atoms with E-state index in [2.05, 4.69) is 39.4 Å². The molecule has 0 spiro atoms. The predicted molar refractivity (Wildman–Crippen MR) is 125 cm³/mol. The van der Waals surface area contributed by atoms with Crippen LogP contribution in [-0.4, -0.2) is 66.5 Å². The van der Waals surface area contributed by atoms with E-state index in [1.807, 2.05) is 12.3 Å². The van der Waals surface area contributed by atoms with Crippen LogP contribution in [0.15, 0.2) is 41.9 Å². The van der Waals surface area contributed by atoms with E-state index in [-0.39, 0.29) is 0 Å². The fourth-order valence-electron chi connectivity index (χ4n) is 4.63. The van der Waals surface area contributed by atoms with Crippen LogP contribution < -0.4 is 4.90 Å². The molecule has 5 rings (SSSR count). The van der Waals surface area contributed by atoms with Crippen LogP contribution in [0.2, 0.25) is 0 Å². The number of hydrogen-bond donors (Lipinski definition) is 0. The third kappa shape index (κ3) is 4.73. The average molecular weight is 441 g/mol. The summed E-state index contributed by atoms with van der Waals surface area (Å²) in [6, 6.07) is 10.7. The monoisotopic (exact) mass is 440 g/mol. The summed E-state index contributed by atoms with van der Waals surface area (Å²) in [5, 5.41) is 3.29. The van der Waals surface area contributed by atoms with Gasteiger partial charge in [-0.2, -0.15) is 0 Å². The maximum absolute atomic E-state index is 13.3. The Kier molecular flexibility index (Phi) is 6.43. The highest BCUT2D eigenvalue weighted by atomic mass is 32.1. The van der Waals surface area contributed by atoms with E-state index >= 15 is 0 Å². The van der Waals surface area contributed by atoms with Crippen molar-refractivity contribution >= 4 is 27.5 Å². The van der Waals surface area contributed by atoms with Crippen molar-refractivity contribution in [3.05, 3.63) is 41.9 Å². The number of rotatable bonds is 7. The molecule has 1 unspecified atom stereocenters. The van der Waals surface area contributed by atoms with Gasteiger partial charge in [0.2, 0.25) is 5.95 Å². The van der Waals surface area contributed by atoms with Gasteiger partial charge in [0.15, 0.2) is 0 Å². The fourth-order valence-corrected chi connectivity index (χ4v) is 5.55. The van der Waals surface area contributed by atoms with Crippen LogP contribution in [0.3, 0.4) is 0 Å². The van der Waals surface area contributed by atoms with E-state index in [4.69, 9.17) is 14.7 Å². The topological polar surface area (TPSA) is 41.5 Å². The zero-order valence-corrected chi connectivity index (χ0v) is 18.6. The van der Waals surface area contributed by atoms with Gasteiger partial charge in [-0.3, -0.25) is 4.90 Å². The van der Waals surface area contributed by atoms with E-state index in [0.717, 1.165) is 48.6 Å². The highest BCUT2D eigenvalue weighted by Gasteiger charge is 2.26. The van der Waals surface area contributed by atoms with Crippen LogP contribution in [0.1, 0.15) is 25.7 Å². The summed E-state index contributed by atoms with van der Waals surface area (Å²) in [6.07, 6.45) is 5.43. The summed E-state index contributed by atoms with van der Waals surface area (Å²) in [5.74, 6) is 0.807. The van der Waals surface area contributed by atoms with Crippen molar-refractivity contribution in [3.63, 3.8) is 0 Å². The van der Waals surface area contributed by atoms with Gasteiger partial charge in [0.1, 0.15) is 11.0 Å². The first-order valence-corrected chi connectivity index (χ1v) is 12.2. The largest absolute Gasteiger partial charge is 0.378 e. The van der Waals surface area contributed by atoms with E-state index in [0.29, 0.717) is 32.2 Å². The lowest BCUT2D eigenvalue weighted by Gasteiger charge is -2.35. The standard InChI is InChI=1S/C24H29FN4OS/c25-19-9-11-28(15-19)12-13-30-16-20-8-4-5-10-29(20)24-26-14-21-22(17-31-23(21)27-24)18-6-2-1-3-7-18/h1-3,6-7,14,17,19-20H,4-5,8-13,15-16H2/t19-,20?/m1/s1. The van der Waals surface area contributed by atoms with Crippen molar-refractivity contribution in [1.29, 1.82) is 0 Å². The van der Waals surface area contributed by atoms with Gasteiger partial charge >= 0.3 is 0 Å². The predicted octanol–water partition coefficient (Wildman–Crippen LogP) is 4.78. The molecule has 0 saturated carbocycles. The molecular formula is C24H29FN4OS. The van der Waals surface area contributed by atoms with Crippen molar-refractivity contribution < 1.29 is 9.13 Å². The summed E-state index contributed by atoms with van der Waals surface area (Å²) in [5.41, 5.74) is 2.40. The highest BCUT2D eigenvalue weighted by molar-refractivity contribution is 7.17. The molecule has 2 fully saturated rings. The molecule has 31 heavy (non-hydrogen) atoms. The molecule has 0 N–H and O–H groups in total. The number of benzene rings is 1. The number of ether oxygens (including phenoxy) is 1. The summed E-state index contributed by atoms with van der Waals surface area (Å²) >= 11 is 1.68. The second kappa shape index (κ2) is 9.59. The van der Waals surface area contributed by atoms with Crippen molar-refractivity contribution in [3.8, 4) is 11.1 Å². The number of hydrogen-bond acceptors (Lipinski definition) is 6. The zero-order valence-electron chi connectivity index (χ0n) is 17.8. The molecule has 1 aromatic carbocycles. The lowest BCUT2D eigenvalue weighted by atomic mass is 10.0. The number of likely N-dealkylation sites (tertiary alicyclic amines) is 1. The Bertz CT molecular complexity index is 998. The Hall–Kier alpha value is -2.09. The molecule has 7 heteroatoms. The van der Waals surface area contributed by atoms with Gasteiger partial charge in [-0.25, -0.2) is 14.4 Å². The smallest absolute Gasteiger partial charge is 0.227 e. The van der Waals surface area contributed by atoms with Crippen LogP contribution in [0, 0.1) is 0 Å². The molecule has 0 radical (unpaired) electrons. The van der Waals surface area contributed by atoms with Crippen LogP contribution in [0.5, 0.6) is 0 Å².